The number of hydrogen-bond donors (Lipinski definition) is 1. The highest BCUT2D eigenvalue weighted by molar-refractivity contribution is 6.35. The Kier molecular flexibility index (Phi) is 5.87. The molecule has 0 atom stereocenters. The van der Waals surface area contributed by atoms with E-state index in [1.165, 1.54) is 4.57 Å². The van der Waals surface area contributed by atoms with Crippen molar-refractivity contribution < 1.29 is 4.79 Å². The molecule has 2 heterocycles. The number of halogens is 2. The van der Waals surface area contributed by atoms with Crippen molar-refractivity contribution in [1.29, 1.82) is 0 Å². The van der Waals surface area contributed by atoms with Gasteiger partial charge in [-0.25, -0.2) is 9.78 Å². The van der Waals surface area contributed by atoms with Crippen molar-refractivity contribution in [2.45, 2.75) is 33.4 Å². The molecule has 1 aromatic carbocycles. The van der Waals surface area contributed by atoms with Crippen molar-refractivity contribution in [3.63, 3.8) is 0 Å². The molecule has 0 fully saturated rings. The number of nitrogens with zero attached hydrogens (tertiary/aromatic N) is 3. The summed E-state index contributed by atoms with van der Waals surface area (Å²) in [4.78, 5) is 29.3. The molecule has 0 saturated carbocycles. The van der Waals surface area contributed by atoms with E-state index in [1.807, 2.05) is 19.9 Å². The minimum Gasteiger partial charge on any atom is -0.355 e. The standard InChI is InChI=1S/C19H20Cl2N4O2/c1-3-5-22-17(26)11-25-18-16(24(4-2)19(25)27)8-13(10-23-18)12-6-14(20)9-15(21)7-12/h6-10H,3-5,11H2,1-2H3,(H,22,26). The summed E-state index contributed by atoms with van der Waals surface area (Å²) < 4.78 is 3.00. The largest absolute Gasteiger partial charge is 0.355 e. The van der Waals surface area contributed by atoms with E-state index in [9.17, 15) is 9.59 Å². The smallest absolute Gasteiger partial charge is 0.330 e. The fraction of sp³-hybridized carbons (Fsp3) is 0.316. The van der Waals surface area contributed by atoms with Gasteiger partial charge in [-0.15, -0.1) is 0 Å². The molecule has 3 aromatic rings. The molecule has 0 radical (unpaired) electrons. The van der Waals surface area contributed by atoms with Crippen LogP contribution < -0.4 is 11.0 Å². The lowest BCUT2D eigenvalue weighted by molar-refractivity contribution is -0.121. The number of carbonyl (C=O) groups excluding carboxylic acids is 1. The quantitative estimate of drug-likeness (QED) is 0.677. The highest BCUT2D eigenvalue weighted by Crippen LogP contribution is 2.28. The number of aromatic nitrogens is 3. The van der Waals surface area contributed by atoms with Crippen molar-refractivity contribution in [3.8, 4) is 11.1 Å². The number of nitrogens with one attached hydrogen (secondary N) is 1. The van der Waals surface area contributed by atoms with E-state index in [0.717, 1.165) is 17.5 Å². The van der Waals surface area contributed by atoms with Gasteiger partial charge in [-0.2, -0.15) is 0 Å². The molecule has 3 rings (SSSR count). The van der Waals surface area contributed by atoms with Gasteiger partial charge in [-0.05, 0) is 43.2 Å². The van der Waals surface area contributed by atoms with Gasteiger partial charge < -0.3 is 5.32 Å². The monoisotopic (exact) mass is 406 g/mol. The maximum absolute atomic E-state index is 12.7. The van der Waals surface area contributed by atoms with Crippen LogP contribution in [-0.4, -0.2) is 26.6 Å². The molecule has 27 heavy (non-hydrogen) atoms. The molecule has 8 heteroatoms. The summed E-state index contributed by atoms with van der Waals surface area (Å²) >= 11 is 12.2. The summed E-state index contributed by atoms with van der Waals surface area (Å²) in [6, 6.07) is 7.11. The Morgan fingerprint density at radius 1 is 1.07 bits per heavy atom. The number of fused-ring (bicyclic) bond motifs is 1. The Labute approximate surface area is 166 Å². The molecule has 0 unspecified atom stereocenters. The van der Waals surface area contributed by atoms with E-state index < -0.39 is 0 Å². The molecule has 0 spiro atoms. The second kappa shape index (κ2) is 8.15. The highest BCUT2D eigenvalue weighted by Gasteiger charge is 2.17. The fourth-order valence-electron chi connectivity index (χ4n) is 2.98. The second-order valence-corrected chi connectivity index (χ2v) is 7.06. The van der Waals surface area contributed by atoms with Crippen molar-refractivity contribution in [2.75, 3.05) is 6.54 Å². The summed E-state index contributed by atoms with van der Waals surface area (Å²) in [6.07, 6.45) is 2.49. The minimum atomic E-state index is -0.257. The van der Waals surface area contributed by atoms with E-state index in [1.54, 1.807) is 29.0 Å². The van der Waals surface area contributed by atoms with Crippen LogP contribution in [0.2, 0.25) is 10.0 Å². The van der Waals surface area contributed by atoms with Crippen molar-refractivity contribution in [1.82, 2.24) is 19.4 Å². The van der Waals surface area contributed by atoms with Crippen LogP contribution in [0.1, 0.15) is 20.3 Å². The van der Waals surface area contributed by atoms with Gasteiger partial charge in [0.05, 0.1) is 5.52 Å². The first kappa shape index (κ1) is 19.5. The van der Waals surface area contributed by atoms with Crippen molar-refractivity contribution in [2.24, 2.45) is 0 Å². The second-order valence-electron chi connectivity index (χ2n) is 6.19. The first-order chi connectivity index (χ1) is 12.9. The SMILES string of the molecule is CCCNC(=O)Cn1c(=O)n(CC)c2cc(-c3cc(Cl)cc(Cl)c3)cnc21. The van der Waals surface area contributed by atoms with E-state index >= 15 is 0 Å². The van der Waals surface area contributed by atoms with Crippen LogP contribution in [0.4, 0.5) is 0 Å². The Bertz CT molecular complexity index is 1040. The molecule has 0 aliphatic rings. The zero-order valence-corrected chi connectivity index (χ0v) is 16.6. The molecule has 0 aliphatic heterocycles. The van der Waals surface area contributed by atoms with Gasteiger partial charge in [0.25, 0.3) is 0 Å². The van der Waals surface area contributed by atoms with Crippen LogP contribution in [0.15, 0.2) is 35.3 Å². The van der Waals surface area contributed by atoms with Crippen molar-refractivity contribution in [3.05, 3.63) is 51.0 Å². The predicted octanol–water partition coefficient (Wildman–Crippen LogP) is 3.72. The Hall–Kier alpha value is -2.31. The molecule has 142 valence electrons. The lowest BCUT2D eigenvalue weighted by atomic mass is 10.1. The summed E-state index contributed by atoms with van der Waals surface area (Å²) in [5.74, 6) is -0.207. The molecule has 1 amide bonds. The molecular formula is C19H20Cl2N4O2. The maximum atomic E-state index is 12.7. The molecule has 0 aliphatic carbocycles. The average Bonchev–Trinajstić information content (AvgIpc) is 2.89. The number of rotatable bonds is 6. The Balaban J connectivity index is 2.09. The molecule has 0 saturated heterocycles. The van der Waals surface area contributed by atoms with E-state index in [0.29, 0.717) is 34.3 Å². The topological polar surface area (TPSA) is 68.9 Å². The molecule has 1 N–H and O–H groups in total. The normalized spacial score (nSPS) is 11.1. The van der Waals surface area contributed by atoms with Gasteiger partial charge in [0.2, 0.25) is 5.91 Å². The van der Waals surface area contributed by atoms with Gasteiger partial charge in [0.1, 0.15) is 6.54 Å². The first-order valence-electron chi connectivity index (χ1n) is 8.76. The van der Waals surface area contributed by atoms with Crippen LogP contribution in [0.5, 0.6) is 0 Å². The highest BCUT2D eigenvalue weighted by atomic mass is 35.5. The lowest BCUT2D eigenvalue weighted by Crippen LogP contribution is -2.33. The van der Waals surface area contributed by atoms with Crippen LogP contribution in [-0.2, 0) is 17.9 Å². The zero-order valence-electron chi connectivity index (χ0n) is 15.1. The van der Waals surface area contributed by atoms with Crippen molar-refractivity contribution >= 4 is 40.3 Å². The summed E-state index contributed by atoms with van der Waals surface area (Å²) in [5, 5.41) is 3.83. The van der Waals surface area contributed by atoms with Crippen LogP contribution in [0.3, 0.4) is 0 Å². The number of benzene rings is 1. The van der Waals surface area contributed by atoms with Crippen LogP contribution >= 0.6 is 23.2 Å². The lowest BCUT2D eigenvalue weighted by Gasteiger charge is -2.06. The van der Waals surface area contributed by atoms with E-state index in [2.05, 4.69) is 10.3 Å². The predicted molar refractivity (Wildman–Crippen MR) is 108 cm³/mol. The maximum Gasteiger partial charge on any atom is 0.330 e. The number of hydrogen-bond acceptors (Lipinski definition) is 3. The number of aryl methyl sites for hydroxylation is 1. The Morgan fingerprint density at radius 3 is 2.41 bits per heavy atom. The molecular weight excluding hydrogens is 387 g/mol. The third-order valence-electron chi connectivity index (χ3n) is 4.24. The summed E-state index contributed by atoms with van der Waals surface area (Å²) in [7, 11) is 0. The van der Waals surface area contributed by atoms with E-state index in [4.69, 9.17) is 23.2 Å². The van der Waals surface area contributed by atoms with Gasteiger partial charge >= 0.3 is 5.69 Å². The van der Waals surface area contributed by atoms with Crippen LogP contribution in [0.25, 0.3) is 22.3 Å². The van der Waals surface area contributed by atoms with Crippen LogP contribution in [0, 0.1) is 0 Å². The zero-order chi connectivity index (χ0) is 19.6. The molecule has 0 bridgehead atoms. The summed E-state index contributed by atoms with van der Waals surface area (Å²) in [5.41, 5.74) is 2.49. The fourth-order valence-corrected chi connectivity index (χ4v) is 3.51. The third kappa shape index (κ3) is 4.01. The number of imidazole rings is 1. The molecule has 6 nitrogen and oxygen atoms in total. The number of amides is 1. The first-order valence-corrected chi connectivity index (χ1v) is 9.52. The minimum absolute atomic E-state index is 0.0579. The average molecular weight is 407 g/mol. The number of carbonyl (C=O) groups is 1. The van der Waals surface area contributed by atoms with Gasteiger partial charge in [-0.1, -0.05) is 30.1 Å². The third-order valence-corrected chi connectivity index (χ3v) is 4.68. The number of pyridine rings is 1. The summed E-state index contributed by atoms with van der Waals surface area (Å²) in [6.45, 7) is 4.84. The molecule has 2 aromatic heterocycles. The van der Waals surface area contributed by atoms with Gasteiger partial charge in [0.15, 0.2) is 5.65 Å². The van der Waals surface area contributed by atoms with Gasteiger partial charge in [0, 0.05) is 34.9 Å². The Morgan fingerprint density at radius 2 is 1.78 bits per heavy atom. The van der Waals surface area contributed by atoms with E-state index in [-0.39, 0.29) is 18.1 Å². The van der Waals surface area contributed by atoms with Gasteiger partial charge in [-0.3, -0.25) is 13.9 Å².